The number of aliphatic imine (C=N–C) groups is 1. The van der Waals surface area contributed by atoms with E-state index in [1.807, 2.05) is 32.0 Å². The Labute approximate surface area is 138 Å². The van der Waals surface area contributed by atoms with Gasteiger partial charge in [-0.1, -0.05) is 24.3 Å². The second-order valence-electron chi connectivity index (χ2n) is 5.33. The van der Waals surface area contributed by atoms with Crippen molar-refractivity contribution in [3.63, 3.8) is 0 Å². The Hall–Kier alpha value is -2.40. The first-order chi connectivity index (χ1) is 11.0. The lowest BCUT2D eigenvalue weighted by atomic mass is 10.1. The molecule has 1 fully saturated rings. The number of thioether (sulfide) groups is 1. The van der Waals surface area contributed by atoms with Gasteiger partial charge in [0.1, 0.15) is 5.82 Å². The van der Waals surface area contributed by atoms with Crippen LogP contribution in [0.5, 0.6) is 0 Å². The van der Waals surface area contributed by atoms with Crippen molar-refractivity contribution in [1.82, 2.24) is 5.32 Å². The molecule has 0 unspecified atom stereocenters. The SMILES string of the molecule is Cc1ccc(C)c(N=C2NC(=O)C(=Cc3cccc(F)c3)S2)c1. The van der Waals surface area contributed by atoms with Crippen LogP contribution in [0.15, 0.2) is 52.4 Å². The van der Waals surface area contributed by atoms with E-state index in [-0.39, 0.29) is 11.7 Å². The molecule has 1 saturated heterocycles. The van der Waals surface area contributed by atoms with Crippen LogP contribution >= 0.6 is 11.8 Å². The van der Waals surface area contributed by atoms with Crippen molar-refractivity contribution in [3.05, 3.63) is 69.9 Å². The number of carbonyl (C=O) groups is 1. The summed E-state index contributed by atoms with van der Waals surface area (Å²) in [6.45, 7) is 3.97. The van der Waals surface area contributed by atoms with Crippen LogP contribution in [0.1, 0.15) is 16.7 Å². The van der Waals surface area contributed by atoms with Crippen LogP contribution in [-0.4, -0.2) is 11.1 Å². The number of aryl methyl sites for hydroxylation is 2. The molecule has 1 amide bonds. The molecule has 3 rings (SSSR count). The molecule has 1 heterocycles. The van der Waals surface area contributed by atoms with Gasteiger partial charge in [0.05, 0.1) is 10.6 Å². The second kappa shape index (κ2) is 6.38. The summed E-state index contributed by atoms with van der Waals surface area (Å²) < 4.78 is 13.2. The van der Waals surface area contributed by atoms with Crippen LogP contribution in [0.3, 0.4) is 0 Å². The molecule has 0 saturated carbocycles. The van der Waals surface area contributed by atoms with E-state index in [1.165, 1.54) is 23.9 Å². The first-order valence-electron chi connectivity index (χ1n) is 7.14. The smallest absolute Gasteiger partial charge is 0.264 e. The summed E-state index contributed by atoms with van der Waals surface area (Å²) >= 11 is 1.26. The van der Waals surface area contributed by atoms with Gasteiger partial charge < -0.3 is 5.32 Å². The minimum Gasteiger partial charge on any atom is -0.300 e. The number of nitrogens with one attached hydrogen (secondary N) is 1. The van der Waals surface area contributed by atoms with E-state index < -0.39 is 0 Å². The molecule has 0 radical (unpaired) electrons. The predicted octanol–water partition coefficient (Wildman–Crippen LogP) is 4.33. The molecular weight excluding hydrogens is 311 g/mol. The molecule has 1 N–H and O–H groups in total. The van der Waals surface area contributed by atoms with E-state index in [0.29, 0.717) is 15.6 Å². The van der Waals surface area contributed by atoms with Crippen molar-refractivity contribution in [2.45, 2.75) is 13.8 Å². The van der Waals surface area contributed by atoms with Gasteiger partial charge in [-0.15, -0.1) is 0 Å². The van der Waals surface area contributed by atoms with Crippen LogP contribution in [0, 0.1) is 19.7 Å². The highest BCUT2D eigenvalue weighted by Gasteiger charge is 2.24. The number of rotatable bonds is 2. The lowest BCUT2D eigenvalue weighted by Gasteiger charge is -2.02. The third kappa shape index (κ3) is 3.68. The van der Waals surface area contributed by atoms with E-state index in [9.17, 15) is 9.18 Å². The van der Waals surface area contributed by atoms with Gasteiger partial charge in [0.2, 0.25) is 0 Å². The largest absolute Gasteiger partial charge is 0.300 e. The summed E-state index contributed by atoms with van der Waals surface area (Å²) in [4.78, 5) is 17.1. The van der Waals surface area contributed by atoms with E-state index in [2.05, 4.69) is 10.3 Å². The molecule has 0 bridgehead atoms. The third-order valence-corrected chi connectivity index (χ3v) is 4.29. The number of hydrogen-bond acceptors (Lipinski definition) is 3. The fourth-order valence-corrected chi connectivity index (χ4v) is 3.01. The predicted molar refractivity (Wildman–Crippen MR) is 93.1 cm³/mol. The Kier molecular flexibility index (Phi) is 4.30. The zero-order valence-corrected chi connectivity index (χ0v) is 13.6. The normalized spacial score (nSPS) is 17.8. The fraction of sp³-hybridized carbons (Fsp3) is 0.111. The summed E-state index contributed by atoms with van der Waals surface area (Å²) in [7, 11) is 0. The van der Waals surface area contributed by atoms with Crippen molar-refractivity contribution in [3.8, 4) is 0 Å². The number of amides is 1. The van der Waals surface area contributed by atoms with Crippen molar-refractivity contribution in [1.29, 1.82) is 0 Å². The topological polar surface area (TPSA) is 41.5 Å². The van der Waals surface area contributed by atoms with Crippen molar-refractivity contribution in [2.24, 2.45) is 4.99 Å². The van der Waals surface area contributed by atoms with Gasteiger partial charge in [0.25, 0.3) is 5.91 Å². The van der Waals surface area contributed by atoms with Gasteiger partial charge in [0, 0.05) is 0 Å². The monoisotopic (exact) mass is 326 g/mol. The van der Waals surface area contributed by atoms with Crippen molar-refractivity contribution < 1.29 is 9.18 Å². The van der Waals surface area contributed by atoms with E-state index in [4.69, 9.17) is 0 Å². The lowest BCUT2D eigenvalue weighted by molar-refractivity contribution is -0.115. The molecule has 116 valence electrons. The quantitative estimate of drug-likeness (QED) is 0.834. The molecule has 0 aromatic heterocycles. The van der Waals surface area contributed by atoms with Gasteiger partial charge in [0.15, 0.2) is 5.17 Å². The summed E-state index contributed by atoms with van der Waals surface area (Å²) in [6.07, 6.45) is 1.66. The number of amidine groups is 1. The zero-order valence-electron chi connectivity index (χ0n) is 12.8. The highest BCUT2D eigenvalue weighted by Crippen LogP contribution is 2.29. The fourth-order valence-electron chi connectivity index (χ4n) is 2.18. The highest BCUT2D eigenvalue weighted by atomic mass is 32.2. The Morgan fingerprint density at radius 2 is 2.00 bits per heavy atom. The van der Waals surface area contributed by atoms with Crippen LogP contribution in [0.4, 0.5) is 10.1 Å². The highest BCUT2D eigenvalue weighted by molar-refractivity contribution is 8.18. The zero-order chi connectivity index (χ0) is 16.4. The van der Waals surface area contributed by atoms with Crippen LogP contribution in [0.25, 0.3) is 6.08 Å². The molecule has 3 nitrogen and oxygen atoms in total. The maximum Gasteiger partial charge on any atom is 0.264 e. The third-order valence-electron chi connectivity index (χ3n) is 3.38. The molecule has 0 aliphatic carbocycles. The summed E-state index contributed by atoms with van der Waals surface area (Å²) in [5.41, 5.74) is 3.63. The first-order valence-corrected chi connectivity index (χ1v) is 7.95. The Balaban J connectivity index is 1.87. The number of carbonyl (C=O) groups excluding carboxylic acids is 1. The molecular formula is C18H15FN2OS. The number of hydrogen-bond donors (Lipinski definition) is 1. The molecule has 1 aliphatic rings. The number of benzene rings is 2. The minimum atomic E-state index is -0.327. The maximum absolute atomic E-state index is 13.2. The van der Waals surface area contributed by atoms with E-state index >= 15 is 0 Å². The molecule has 2 aromatic carbocycles. The van der Waals surface area contributed by atoms with Crippen LogP contribution < -0.4 is 5.32 Å². The minimum absolute atomic E-state index is 0.219. The van der Waals surface area contributed by atoms with Crippen molar-refractivity contribution >= 4 is 34.6 Å². The average Bonchev–Trinajstić information content (AvgIpc) is 2.83. The summed E-state index contributed by atoms with van der Waals surface area (Å²) in [5, 5.41) is 3.28. The first kappa shape index (κ1) is 15.5. The van der Waals surface area contributed by atoms with Gasteiger partial charge >= 0.3 is 0 Å². The lowest BCUT2D eigenvalue weighted by Crippen LogP contribution is -2.19. The maximum atomic E-state index is 13.2. The van der Waals surface area contributed by atoms with Crippen LogP contribution in [-0.2, 0) is 4.79 Å². The number of nitrogens with zero attached hydrogens (tertiary/aromatic N) is 1. The molecule has 2 aromatic rings. The van der Waals surface area contributed by atoms with E-state index in [0.717, 1.165) is 16.8 Å². The molecule has 0 atom stereocenters. The van der Waals surface area contributed by atoms with Gasteiger partial charge in [-0.05, 0) is 66.6 Å². The Bertz CT molecular complexity index is 843. The van der Waals surface area contributed by atoms with Gasteiger partial charge in [-0.25, -0.2) is 9.38 Å². The van der Waals surface area contributed by atoms with E-state index in [1.54, 1.807) is 18.2 Å². The Morgan fingerprint density at radius 1 is 1.17 bits per heavy atom. The molecule has 5 heteroatoms. The Morgan fingerprint density at radius 3 is 2.78 bits per heavy atom. The second-order valence-corrected chi connectivity index (χ2v) is 6.36. The molecule has 23 heavy (non-hydrogen) atoms. The summed E-state index contributed by atoms with van der Waals surface area (Å²) in [5.74, 6) is -0.546. The molecule has 1 aliphatic heterocycles. The average molecular weight is 326 g/mol. The van der Waals surface area contributed by atoms with Crippen LogP contribution in [0.2, 0.25) is 0 Å². The standard InChI is InChI=1S/C18H15FN2OS/c1-11-6-7-12(2)15(8-11)20-18-21-17(22)16(23-18)10-13-4-3-5-14(19)9-13/h3-10H,1-2H3,(H,20,21,22). The van der Waals surface area contributed by atoms with Gasteiger partial charge in [-0.3, -0.25) is 4.79 Å². The number of halogens is 1. The van der Waals surface area contributed by atoms with Gasteiger partial charge in [-0.2, -0.15) is 0 Å². The summed E-state index contributed by atoms with van der Waals surface area (Å²) in [6, 6.07) is 12.1. The van der Waals surface area contributed by atoms with Crippen molar-refractivity contribution in [2.75, 3.05) is 0 Å². The molecule has 0 spiro atoms.